The summed E-state index contributed by atoms with van der Waals surface area (Å²) in [6, 6.07) is 9.85. The number of benzene rings is 1. The van der Waals surface area contributed by atoms with Crippen molar-refractivity contribution in [1.29, 1.82) is 0 Å². The SMILES string of the molecule is C[C@H]1[C@H](Cl)[C@H](O)O[C@H]1c1ccccc1. The molecule has 1 aromatic carbocycles. The first kappa shape index (κ1) is 9.97. The molecular weight excluding hydrogens is 200 g/mol. The molecule has 0 aliphatic carbocycles. The van der Waals surface area contributed by atoms with Gasteiger partial charge in [-0.15, -0.1) is 11.6 Å². The number of aliphatic hydroxyl groups excluding tert-OH is 1. The van der Waals surface area contributed by atoms with Crippen molar-refractivity contribution in [2.45, 2.75) is 24.7 Å². The van der Waals surface area contributed by atoms with E-state index in [0.717, 1.165) is 5.56 Å². The van der Waals surface area contributed by atoms with E-state index < -0.39 is 6.29 Å². The summed E-state index contributed by atoms with van der Waals surface area (Å²) in [7, 11) is 0. The summed E-state index contributed by atoms with van der Waals surface area (Å²) in [6.07, 6.45) is -0.939. The zero-order valence-electron chi connectivity index (χ0n) is 7.93. The van der Waals surface area contributed by atoms with Gasteiger partial charge in [-0.2, -0.15) is 0 Å². The minimum atomic E-state index is -0.850. The Hall–Kier alpha value is -0.570. The molecule has 0 bridgehead atoms. The van der Waals surface area contributed by atoms with Crippen LogP contribution in [0.15, 0.2) is 30.3 Å². The van der Waals surface area contributed by atoms with Crippen molar-refractivity contribution in [3.63, 3.8) is 0 Å². The van der Waals surface area contributed by atoms with Crippen LogP contribution in [-0.2, 0) is 4.74 Å². The fourth-order valence-electron chi connectivity index (χ4n) is 1.80. The smallest absolute Gasteiger partial charge is 0.172 e. The van der Waals surface area contributed by atoms with Crippen LogP contribution in [0.25, 0.3) is 0 Å². The van der Waals surface area contributed by atoms with E-state index in [1.165, 1.54) is 0 Å². The predicted molar refractivity (Wildman–Crippen MR) is 55.1 cm³/mol. The second-order valence-corrected chi connectivity index (χ2v) is 4.17. The minimum absolute atomic E-state index is 0.0892. The Morgan fingerprint density at radius 1 is 1.29 bits per heavy atom. The molecule has 0 unspecified atom stereocenters. The first-order valence-electron chi connectivity index (χ1n) is 4.72. The molecule has 2 rings (SSSR count). The van der Waals surface area contributed by atoms with Gasteiger partial charge in [-0.05, 0) is 5.56 Å². The highest BCUT2D eigenvalue weighted by Gasteiger charge is 2.40. The summed E-state index contributed by atoms with van der Waals surface area (Å²) in [5, 5.41) is 9.13. The van der Waals surface area contributed by atoms with Crippen molar-refractivity contribution in [3.05, 3.63) is 35.9 Å². The molecule has 1 saturated heterocycles. The zero-order valence-corrected chi connectivity index (χ0v) is 8.69. The van der Waals surface area contributed by atoms with Gasteiger partial charge in [-0.3, -0.25) is 0 Å². The summed E-state index contributed by atoms with van der Waals surface area (Å²) in [4.78, 5) is 0. The third-order valence-electron chi connectivity index (χ3n) is 2.67. The number of alkyl halides is 1. The molecule has 4 atom stereocenters. The van der Waals surface area contributed by atoms with Crippen LogP contribution in [0.4, 0.5) is 0 Å². The maximum Gasteiger partial charge on any atom is 0.172 e. The van der Waals surface area contributed by atoms with E-state index in [0.29, 0.717) is 0 Å². The van der Waals surface area contributed by atoms with Gasteiger partial charge in [-0.25, -0.2) is 0 Å². The molecule has 2 nitrogen and oxygen atoms in total. The molecular formula is C11H13ClO2. The molecule has 14 heavy (non-hydrogen) atoms. The van der Waals surface area contributed by atoms with Gasteiger partial charge < -0.3 is 9.84 Å². The average Bonchev–Trinajstić information content (AvgIpc) is 2.47. The summed E-state index contributed by atoms with van der Waals surface area (Å²) in [6.45, 7) is 1.99. The number of hydrogen-bond donors (Lipinski definition) is 1. The van der Waals surface area contributed by atoms with Gasteiger partial charge in [0.2, 0.25) is 0 Å². The largest absolute Gasteiger partial charge is 0.367 e. The number of halogens is 1. The van der Waals surface area contributed by atoms with Gasteiger partial charge in [0.25, 0.3) is 0 Å². The Balaban J connectivity index is 2.21. The maximum atomic E-state index is 9.45. The van der Waals surface area contributed by atoms with Crippen LogP contribution in [0.2, 0.25) is 0 Å². The van der Waals surface area contributed by atoms with Crippen LogP contribution >= 0.6 is 11.6 Å². The molecule has 1 aliphatic rings. The van der Waals surface area contributed by atoms with Gasteiger partial charge in [-0.1, -0.05) is 37.3 Å². The summed E-state index contributed by atoms with van der Waals surface area (Å²) in [5.74, 6) is 0.133. The lowest BCUT2D eigenvalue weighted by molar-refractivity contribution is -0.0919. The normalized spacial score (nSPS) is 37.4. The number of hydrogen-bond acceptors (Lipinski definition) is 2. The Bertz CT molecular complexity index is 301. The number of aliphatic hydroxyl groups is 1. The lowest BCUT2D eigenvalue weighted by Gasteiger charge is -2.14. The Labute approximate surface area is 88.5 Å². The lowest BCUT2D eigenvalue weighted by Crippen LogP contribution is -2.18. The quantitative estimate of drug-likeness (QED) is 0.724. The van der Waals surface area contributed by atoms with Crippen LogP contribution in [0.1, 0.15) is 18.6 Å². The van der Waals surface area contributed by atoms with Crippen LogP contribution in [0, 0.1) is 5.92 Å². The van der Waals surface area contributed by atoms with Crippen LogP contribution in [0.5, 0.6) is 0 Å². The first-order valence-corrected chi connectivity index (χ1v) is 5.16. The zero-order chi connectivity index (χ0) is 10.1. The molecule has 0 saturated carbocycles. The topological polar surface area (TPSA) is 29.5 Å². The molecule has 1 N–H and O–H groups in total. The highest BCUT2D eigenvalue weighted by molar-refractivity contribution is 6.21. The van der Waals surface area contributed by atoms with Crippen LogP contribution < -0.4 is 0 Å². The average molecular weight is 213 g/mol. The summed E-state index contributed by atoms with van der Waals surface area (Å²) < 4.78 is 5.40. The molecule has 1 fully saturated rings. The second kappa shape index (κ2) is 3.89. The van der Waals surface area contributed by atoms with Gasteiger partial charge in [0.1, 0.15) is 0 Å². The molecule has 0 amide bonds. The van der Waals surface area contributed by atoms with Crippen molar-refractivity contribution in [3.8, 4) is 0 Å². The van der Waals surface area contributed by atoms with Crippen molar-refractivity contribution in [1.82, 2.24) is 0 Å². The Morgan fingerprint density at radius 2 is 1.93 bits per heavy atom. The van der Waals surface area contributed by atoms with Gasteiger partial charge in [0, 0.05) is 5.92 Å². The third-order valence-corrected chi connectivity index (χ3v) is 3.28. The molecule has 0 aromatic heterocycles. The van der Waals surface area contributed by atoms with Crippen molar-refractivity contribution in [2.24, 2.45) is 5.92 Å². The Morgan fingerprint density at radius 3 is 2.43 bits per heavy atom. The van der Waals surface area contributed by atoms with E-state index >= 15 is 0 Å². The summed E-state index contributed by atoms with van der Waals surface area (Å²) >= 11 is 5.98. The molecule has 1 aromatic rings. The fourth-order valence-corrected chi connectivity index (χ4v) is 1.99. The van der Waals surface area contributed by atoms with Gasteiger partial charge in [0.15, 0.2) is 6.29 Å². The maximum absolute atomic E-state index is 9.45. The molecule has 76 valence electrons. The van der Waals surface area contributed by atoms with Gasteiger partial charge in [0.05, 0.1) is 11.5 Å². The van der Waals surface area contributed by atoms with Crippen molar-refractivity contribution in [2.75, 3.05) is 0 Å². The molecule has 1 heterocycles. The van der Waals surface area contributed by atoms with E-state index in [1.807, 2.05) is 37.3 Å². The van der Waals surface area contributed by atoms with E-state index in [2.05, 4.69) is 0 Å². The highest BCUT2D eigenvalue weighted by atomic mass is 35.5. The second-order valence-electron chi connectivity index (χ2n) is 3.66. The first-order chi connectivity index (χ1) is 6.70. The third kappa shape index (κ3) is 1.65. The molecule has 0 spiro atoms. The highest BCUT2D eigenvalue weighted by Crippen LogP contribution is 2.39. The van der Waals surface area contributed by atoms with E-state index in [4.69, 9.17) is 16.3 Å². The Kier molecular flexibility index (Phi) is 2.77. The lowest BCUT2D eigenvalue weighted by atomic mass is 9.97. The van der Waals surface area contributed by atoms with E-state index in [9.17, 15) is 5.11 Å². The minimum Gasteiger partial charge on any atom is -0.367 e. The van der Waals surface area contributed by atoms with Gasteiger partial charge >= 0.3 is 0 Å². The predicted octanol–water partition coefficient (Wildman–Crippen LogP) is 2.32. The summed E-state index contributed by atoms with van der Waals surface area (Å²) in [5.41, 5.74) is 1.07. The number of rotatable bonds is 1. The van der Waals surface area contributed by atoms with E-state index in [1.54, 1.807) is 0 Å². The van der Waals surface area contributed by atoms with Crippen molar-refractivity contribution >= 4 is 11.6 Å². The number of ether oxygens (including phenoxy) is 1. The molecule has 1 aliphatic heterocycles. The standard InChI is InChI=1S/C11H13ClO2/c1-7-9(12)11(13)14-10(7)8-5-3-2-4-6-8/h2-7,9-11,13H,1H3/t7-,9-,10+,11+/m0/s1. The van der Waals surface area contributed by atoms with Crippen LogP contribution in [0.3, 0.4) is 0 Å². The van der Waals surface area contributed by atoms with Crippen LogP contribution in [-0.4, -0.2) is 16.8 Å². The monoisotopic (exact) mass is 212 g/mol. The van der Waals surface area contributed by atoms with Crippen molar-refractivity contribution < 1.29 is 9.84 Å². The fraction of sp³-hybridized carbons (Fsp3) is 0.455. The molecule has 3 heteroatoms. The molecule has 0 radical (unpaired) electrons. The van der Waals surface area contributed by atoms with E-state index in [-0.39, 0.29) is 17.4 Å².